The molecule has 2 rings (SSSR count). The average molecular weight is 295 g/mol. The van der Waals surface area contributed by atoms with Gasteiger partial charge in [-0.05, 0) is 19.4 Å². The summed E-state index contributed by atoms with van der Waals surface area (Å²) < 4.78 is 0. The average Bonchev–Trinajstić information content (AvgIpc) is 2.83. The van der Waals surface area contributed by atoms with Crippen LogP contribution in [0.15, 0.2) is 12.4 Å². The first-order chi connectivity index (χ1) is 7.86. The molecular weight excluding hydrogens is 275 g/mol. The van der Waals surface area contributed by atoms with Crippen LogP contribution >= 0.6 is 24.8 Å². The minimum atomic E-state index is 0. The molecule has 0 radical (unpaired) electrons. The molecule has 104 valence electrons. The molecule has 0 bridgehead atoms. The van der Waals surface area contributed by atoms with Crippen molar-refractivity contribution in [2.45, 2.75) is 19.3 Å². The van der Waals surface area contributed by atoms with Crippen molar-refractivity contribution in [3.8, 4) is 0 Å². The number of rotatable bonds is 4. The summed E-state index contributed by atoms with van der Waals surface area (Å²) in [5.74, 6) is 1.23. The SMILES string of the molecule is Cl.Cl.O=C(NCCc1ncc[nH]1)C1CCCNC1. The van der Waals surface area contributed by atoms with E-state index in [1.807, 2.05) is 0 Å². The molecule has 2 heterocycles. The maximum Gasteiger partial charge on any atom is 0.224 e. The number of halogens is 2. The second-order valence-corrected chi connectivity index (χ2v) is 4.12. The van der Waals surface area contributed by atoms with Crippen molar-refractivity contribution in [1.82, 2.24) is 20.6 Å². The number of hydrogen-bond donors (Lipinski definition) is 3. The highest BCUT2D eigenvalue weighted by Crippen LogP contribution is 2.09. The smallest absolute Gasteiger partial charge is 0.224 e. The monoisotopic (exact) mass is 294 g/mol. The molecule has 1 aliphatic heterocycles. The van der Waals surface area contributed by atoms with E-state index in [9.17, 15) is 4.79 Å². The Bertz CT molecular complexity index is 326. The Labute approximate surface area is 119 Å². The van der Waals surface area contributed by atoms with E-state index in [0.717, 1.165) is 38.2 Å². The molecule has 3 N–H and O–H groups in total. The maximum absolute atomic E-state index is 11.7. The van der Waals surface area contributed by atoms with Crippen LogP contribution in [0.4, 0.5) is 0 Å². The minimum absolute atomic E-state index is 0. The predicted molar refractivity (Wildman–Crippen MR) is 75.4 cm³/mol. The third-order valence-corrected chi connectivity index (χ3v) is 2.88. The molecule has 1 fully saturated rings. The van der Waals surface area contributed by atoms with Crippen molar-refractivity contribution < 1.29 is 4.79 Å². The van der Waals surface area contributed by atoms with Crippen LogP contribution in [-0.2, 0) is 11.2 Å². The van der Waals surface area contributed by atoms with Gasteiger partial charge in [0.2, 0.25) is 5.91 Å². The minimum Gasteiger partial charge on any atom is -0.355 e. The summed E-state index contributed by atoms with van der Waals surface area (Å²) >= 11 is 0. The van der Waals surface area contributed by atoms with Gasteiger partial charge in [-0.3, -0.25) is 4.79 Å². The summed E-state index contributed by atoms with van der Waals surface area (Å²) in [5, 5.41) is 6.19. The zero-order valence-corrected chi connectivity index (χ0v) is 11.8. The van der Waals surface area contributed by atoms with E-state index in [-0.39, 0.29) is 36.6 Å². The summed E-state index contributed by atoms with van der Waals surface area (Å²) in [5.41, 5.74) is 0. The molecule has 1 aliphatic rings. The lowest BCUT2D eigenvalue weighted by Crippen LogP contribution is -2.41. The van der Waals surface area contributed by atoms with Crippen LogP contribution in [0.1, 0.15) is 18.7 Å². The van der Waals surface area contributed by atoms with Crippen molar-refractivity contribution in [3.05, 3.63) is 18.2 Å². The van der Waals surface area contributed by atoms with Gasteiger partial charge in [-0.1, -0.05) is 0 Å². The lowest BCUT2D eigenvalue weighted by Gasteiger charge is -2.21. The quantitative estimate of drug-likeness (QED) is 0.773. The lowest BCUT2D eigenvalue weighted by molar-refractivity contribution is -0.125. The molecule has 1 unspecified atom stereocenters. The molecule has 18 heavy (non-hydrogen) atoms. The van der Waals surface area contributed by atoms with E-state index in [2.05, 4.69) is 20.6 Å². The van der Waals surface area contributed by atoms with Crippen molar-refractivity contribution in [1.29, 1.82) is 0 Å². The summed E-state index contributed by atoms with van der Waals surface area (Å²) in [6.07, 6.45) is 6.37. The van der Waals surface area contributed by atoms with Gasteiger partial charge in [-0.15, -0.1) is 24.8 Å². The van der Waals surface area contributed by atoms with Gasteiger partial charge in [0.1, 0.15) is 5.82 Å². The van der Waals surface area contributed by atoms with Crippen molar-refractivity contribution in [2.75, 3.05) is 19.6 Å². The van der Waals surface area contributed by atoms with E-state index in [1.165, 1.54) is 0 Å². The van der Waals surface area contributed by atoms with Crippen LogP contribution in [-0.4, -0.2) is 35.5 Å². The number of nitrogens with one attached hydrogen (secondary N) is 3. The van der Waals surface area contributed by atoms with Crippen molar-refractivity contribution in [2.24, 2.45) is 5.92 Å². The van der Waals surface area contributed by atoms with Crippen LogP contribution in [0.25, 0.3) is 0 Å². The fraction of sp³-hybridized carbons (Fsp3) is 0.636. The van der Waals surface area contributed by atoms with Gasteiger partial charge in [0.05, 0.1) is 5.92 Å². The van der Waals surface area contributed by atoms with E-state index in [4.69, 9.17) is 0 Å². The maximum atomic E-state index is 11.7. The molecular formula is C11H20Cl2N4O. The topological polar surface area (TPSA) is 69.8 Å². The first kappa shape index (κ1) is 17.2. The number of piperidine rings is 1. The molecule has 1 aromatic heterocycles. The van der Waals surface area contributed by atoms with Crippen LogP contribution in [0.5, 0.6) is 0 Å². The Kier molecular flexibility index (Phi) is 8.79. The van der Waals surface area contributed by atoms with Gasteiger partial charge < -0.3 is 15.6 Å². The predicted octanol–water partition coefficient (Wildman–Crippen LogP) is 0.912. The number of imidazole rings is 1. The number of amides is 1. The Morgan fingerprint density at radius 2 is 2.33 bits per heavy atom. The normalized spacial score (nSPS) is 18.3. The number of carbonyl (C=O) groups is 1. The first-order valence-corrected chi connectivity index (χ1v) is 5.83. The number of aromatic nitrogens is 2. The van der Waals surface area contributed by atoms with E-state index in [0.29, 0.717) is 6.54 Å². The zero-order valence-electron chi connectivity index (χ0n) is 10.1. The second kappa shape index (κ2) is 9.19. The summed E-state index contributed by atoms with van der Waals surface area (Å²) in [6.45, 7) is 2.51. The summed E-state index contributed by atoms with van der Waals surface area (Å²) in [6, 6.07) is 0. The van der Waals surface area contributed by atoms with Crippen LogP contribution in [0.2, 0.25) is 0 Å². The van der Waals surface area contributed by atoms with Crippen molar-refractivity contribution >= 4 is 30.7 Å². The van der Waals surface area contributed by atoms with Crippen LogP contribution in [0.3, 0.4) is 0 Å². The Morgan fingerprint density at radius 1 is 1.50 bits per heavy atom. The van der Waals surface area contributed by atoms with E-state index >= 15 is 0 Å². The van der Waals surface area contributed by atoms with Gasteiger partial charge in [-0.25, -0.2) is 4.98 Å². The fourth-order valence-electron chi connectivity index (χ4n) is 1.96. The van der Waals surface area contributed by atoms with Crippen LogP contribution < -0.4 is 10.6 Å². The molecule has 1 amide bonds. The molecule has 1 atom stereocenters. The Morgan fingerprint density at radius 3 is 2.94 bits per heavy atom. The molecule has 7 heteroatoms. The lowest BCUT2D eigenvalue weighted by atomic mass is 9.99. The molecule has 1 aromatic rings. The van der Waals surface area contributed by atoms with Gasteiger partial charge >= 0.3 is 0 Å². The number of H-pyrrole nitrogens is 1. The molecule has 0 saturated carbocycles. The van der Waals surface area contributed by atoms with E-state index in [1.54, 1.807) is 12.4 Å². The van der Waals surface area contributed by atoms with Gasteiger partial charge in [0.15, 0.2) is 0 Å². The highest BCUT2D eigenvalue weighted by molar-refractivity contribution is 5.85. The highest BCUT2D eigenvalue weighted by Gasteiger charge is 2.20. The summed E-state index contributed by atoms with van der Waals surface area (Å²) in [4.78, 5) is 18.9. The number of nitrogens with zero attached hydrogens (tertiary/aromatic N) is 1. The number of carbonyl (C=O) groups excluding carboxylic acids is 1. The second-order valence-electron chi connectivity index (χ2n) is 4.12. The molecule has 5 nitrogen and oxygen atoms in total. The van der Waals surface area contributed by atoms with Crippen LogP contribution in [0, 0.1) is 5.92 Å². The number of hydrogen-bond acceptors (Lipinski definition) is 3. The summed E-state index contributed by atoms with van der Waals surface area (Å²) in [7, 11) is 0. The Balaban J connectivity index is 0.00000144. The molecule has 0 aromatic carbocycles. The van der Waals surface area contributed by atoms with Gasteiger partial charge in [0.25, 0.3) is 0 Å². The third-order valence-electron chi connectivity index (χ3n) is 2.88. The molecule has 0 aliphatic carbocycles. The highest BCUT2D eigenvalue weighted by atomic mass is 35.5. The van der Waals surface area contributed by atoms with Gasteiger partial charge in [-0.2, -0.15) is 0 Å². The first-order valence-electron chi connectivity index (χ1n) is 5.83. The van der Waals surface area contributed by atoms with Crippen molar-refractivity contribution in [3.63, 3.8) is 0 Å². The fourth-order valence-corrected chi connectivity index (χ4v) is 1.96. The number of aromatic amines is 1. The molecule has 0 spiro atoms. The third kappa shape index (κ3) is 5.25. The van der Waals surface area contributed by atoms with E-state index < -0.39 is 0 Å². The standard InChI is InChI=1S/C11H18N4O.2ClH/c16-11(9-2-1-4-12-8-9)15-5-3-10-13-6-7-14-10;;/h6-7,9,12H,1-5,8H2,(H,13,14)(H,15,16);2*1H. The Hall–Kier alpha value is -0.780. The van der Waals surface area contributed by atoms with Gasteiger partial charge in [0, 0.05) is 31.9 Å². The zero-order chi connectivity index (χ0) is 11.2. The molecule has 1 saturated heterocycles. The largest absolute Gasteiger partial charge is 0.355 e.